The van der Waals surface area contributed by atoms with Crippen LogP contribution in [0.1, 0.15) is 25.8 Å². The van der Waals surface area contributed by atoms with Gasteiger partial charge in [-0.05, 0) is 84.6 Å². The first-order chi connectivity index (χ1) is 17.7. The zero-order valence-corrected chi connectivity index (χ0v) is 22.5. The van der Waals surface area contributed by atoms with Gasteiger partial charge in [0.15, 0.2) is 0 Å². The number of nitrogens with one attached hydrogen (secondary N) is 1. The van der Waals surface area contributed by atoms with Crippen molar-refractivity contribution < 1.29 is 22.7 Å². The number of sulfonamides is 1. The quantitative estimate of drug-likeness (QED) is 0.252. The van der Waals surface area contributed by atoms with Gasteiger partial charge in [0.2, 0.25) is 0 Å². The van der Waals surface area contributed by atoms with Crippen LogP contribution in [0.2, 0.25) is 5.02 Å². The van der Waals surface area contributed by atoms with Gasteiger partial charge >= 0.3 is 0 Å². The summed E-state index contributed by atoms with van der Waals surface area (Å²) in [5.74, 6) is 1.20. The molecule has 37 heavy (non-hydrogen) atoms. The van der Waals surface area contributed by atoms with E-state index in [4.69, 9.17) is 21.1 Å². The van der Waals surface area contributed by atoms with Crippen molar-refractivity contribution in [2.75, 3.05) is 24.6 Å². The number of rotatable bonds is 12. The summed E-state index contributed by atoms with van der Waals surface area (Å²) in [4.78, 5) is 12.7. The van der Waals surface area contributed by atoms with Gasteiger partial charge in [-0.2, -0.15) is 5.10 Å². The van der Waals surface area contributed by atoms with Crippen molar-refractivity contribution in [3.63, 3.8) is 0 Å². The van der Waals surface area contributed by atoms with Crippen molar-refractivity contribution in [2.45, 2.75) is 25.2 Å². The second-order valence-corrected chi connectivity index (χ2v) is 10.9. The first kappa shape index (κ1) is 28.0. The van der Waals surface area contributed by atoms with E-state index in [0.717, 1.165) is 22.0 Å². The molecule has 3 rings (SSSR count). The highest BCUT2D eigenvalue weighted by Crippen LogP contribution is 2.27. The van der Waals surface area contributed by atoms with Crippen LogP contribution in [0.4, 0.5) is 5.69 Å². The Hall–Kier alpha value is -3.56. The highest BCUT2D eigenvalue weighted by atomic mass is 35.5. The lowest BCUT2D eigenvalue weighted by Gasteiger charge is -2.24. The molecule has 0 atom stereocenters. The van der Waals surface area contributed by atoms with Crippen LogP contribution >= 0.6 is 11.6 Å². The molecule has 10 heteroatoms. The molecule has 0 radical (unpaired) electrons. The third-order valence-corrected chi connectivity index (χ3v) is 7.30. The van der Waals surface area contributed by atoms with Crippen molar-refractivity contribution in [1.29, 1.82) is 0 Å². The molecule has 8 nitrogen and oxygen atoms in total. The van der Waals surface area contributed by atoms with Crippen LogP contribution in [0.15, 0.2) is 82.8 Å². The van der Waals surface area contributed by atoms with E-state index in [2.05, 4.69) is 24.4 Å². The molecular formula is C27H30ClN3O5S. The first-order valence-corrected chi connectivity index (χ1v) is 13.5. The Morgan fingerprint density at radius 3 is 2.35 bits per heavy atom. The molecule has 0 aliphatic carbocycles. The van der Waals surface area contributed by atoms with Gasteiger partial charge in [-0.15, -0.1) is 0 Å². The maximum Gasteiger partial charge on any atom is 0.264 e. The van der Waals surface area contributed by atoms with E-state index in [9.17, 15) is 13.2 Å². The number of halogens is 1. The Kier molecular flexibility index (Phi) is 9.93. The minimum atomic E-state index is -4.09. The van der Waals surface area contributed by atoms with E-state index >= 15 is 0 Å². The van der Waals surface area contributed by atoms with Crippen LogP contribution in [0.25, 0.3) is 0 Å². The molecule has 3 aromatic rings. The molecule has 1 N–H and O–H groups in total. The van der Waals surface area contributed by atoms with Crippen molar-refractivity contribution >= 4 is 39.4 Å². The van der Waals surface area contributed by atoms with Gasteiger partial charge in [0.25, 0.3) is 15.9 Å². The van der Waals surface area contributed by atoms with Crippen LogP contribution in [0.3, 0.4) is 0 Å². The molecule has 0 spiro atoms. The number of ether oxygens (including phenoxy) is 2. The van der Waals surface area contributed by atoms with E-state index in [-0.39, 0.29) is 10.6 Å². The second kappa shape index (κ2) is 13.1. The molecule has 0 aliphatic heterocycles. The number of amides is 1. The summed E-state index contributed by atoms with van der Waals surface area (Å²) in [6.45, 7) is 4.41. The highest BCUT2D eigenvalue weighted by Gasteiger charge is 2.27. The maximum atomic E-state index is 13.4. The maximum absolute atomic E-state index is 13.4. The summed E-state index contributed by atoms with van der Waals surface area (Å²) in [5, 5.41) is 4.30. The Bertz CT molecular complexity index is 1310. The van der Waals surface area contributed by atoms with Gasteiger partial charge in [-0.3, -0.25) is 9.10 Å². The number of hydrogen-bond donors (Lipinski definition) is 1. The fraction of sp³-hybridized carbons (Fsp3) is 0.259. The van der Waals surface area contributed by atoms with Gasteiger partial charge in [-0.1, -0.05) is 31.5 Å². The molecule has 0 saturated heterocycles. The zero-order chi connectivity index (χ0) is 26.8. The van der Waals surface area contributed by atoms with Crippen LogP contribution in [-0.4, -0.2) is 40.8 Å². The molecule has 1 amide bonds. The van der Waals surface area contributed by atoms with Crippen molar-refractivity contribution in [3.05, 3.63) is 83.4 Å². The Labute approximate surface area is 222 Å². The van der Waals surface area contributed by atoms with E-state index in [1.165, 1.54) is 43.7 Å². The molecular weight excluding hydrogens is 514 g/mol. The van der Waals surface area contributed by atoms with Crippen LogP contribution in [-0.2, 0) is 14.8 Å². The molecule has 0 heterocycles. The molecule has 0 bridgehead atoms. The zero-order valence-electron chi connectivity index (χ0n) is 20.9. The molecule has 0 fully saturated rings. The number of carbonyl (C=O) groups excluding carboxylic acids is 1. The standard InChI is InChI=1S/C27H30ClN3O5S/c1-20(2)15-16-36-25-9-7-21(8-10-25)18-29-30-27(32)19-31(23-6-4-5-22(28)17-23)37(33,34)26-13-11-24(35-3)12-14-26/h4-14,17-18,20H,15-16,19H2,1-3H3,(H,30,32)/b29-18-. The number of methoxy groups -OCH3 is 1. The van der Waals surface area contributed by atoms with Crippen molar-refractivity contribution in [3.8, 4) is 11.5 Å². The van der Waals surface area contributed by atoms with Crippen LogP contribution < -0.4 is 19.2 Å². The minimum Gasteiger partial charge on any atom is -0.497 e. The lowest BCUT2D eigenvalue weighted by Crippen LogP contribution is -2.39. The summed E-state index contributed by atoms with van der Waals surface area (Å²) in [6.07, 6.45) is 2.44. The van der Waals surface area contributed by atoms with Crippen molar-refractivity contribution in [2.24, 2.45) is 11.0 Å². The predicted molar refractivity (Wildman–Crippen MR) is 146 cm³/mol. The number of hydrogen-bond acceptors (Lipinski definition) is 6. The molecule has 3 aromatic carbocycles. The molecule has 0 aromatic heterocycles. The average Bonchev–Trinajstić information content (AvgIpc) is 2.88. The lowest BCUT2D eigenvalue weighted by molar-refractivity contribution is -0.119. The van der Waals surface area contributed by atoms with Gasteiger partial charge in [0.05, 0.1) is 30.5 Å². The minimum absolute atomic E-state index is 0.000259. The predicted octanol–water partition coefficient (Wildman–Crippen LogP) is 5.12. The summed E-state index contributed by atoms with van der Waals surface area (Å²) in [6, 6.07) is 19.4. The fourth-order valence-corrected chi connectivity index (χ4v) is 4.83. The summed E-state index contributed by atoms with van der Waals surface area (Å²) in [7, 11) is -2.60. The third kappa shape index (κ3) is 8.23. The summed E-state index contributed by atoms with van der Waals surface area (Å²) < 4.78 is 38.6. The van der Waals surface area contributed by atoms with Crippen LogP contribution in [0.5, 0.6) is 11.5 Å². The Morgan fingerprint density at radius 2 is 1.73 bits per heavy atom. The Morgan fingerprint density at radius 1 is 1.05 bits per heavy atom. The number of benzene rings is 3. The van der Waals surface area contributed by atoms with E-state index < -0.39 is 22.5 Å². The highest BCUT2D eigenvalue weighted by molar-refractivity contribution is 7.92. The first-order valence-electron chi connectivity index (χ1n) is 11.7. The normalized spacial score (nSPS) is 11.5. The van der Waals surface area contributed by atoms with Gasteiger partial charge in [-0.25, -0.2) is 13.8 Å². The Balaban J connectivity index is 1.70. The SMILES string of the molecule is COc1ccc(S(=O)(=O)N(CC(=O)N/N=C\c2ccc(OCCC(C)C)cc2)c2cccc(Cl)c2)cc1. The summed E-state index contributed by atoms with van der Waals surface area (Å²) in [5.41, 5.74) is 3.38. The van der Waals surface area contributed by atoms with E-state index in [1.807, 2.05) is 24.3 Å². The molecule has 0 unspecified atom stereocenters. The fourth-order valence-electron chi connectivity index (χ4n) is 3.23. The van der Waals surface area contributed by atoms with E-state index in [1.54, 1.807) is 18.2 Å². The second-order valence-electron chi connectivity index (χ2n) is 8.56. The van der Waals surface area contributed by atoms with Gasteiger partial charge in [0, 0.05) is 5.02 Å². The number of nitrogens with zero attached hydrogens (tertiary/aromatic N) is 2. The van der Waals surface area contributed by atoms with Gasteiger partial charge in [0.1, 0.15) is 18.0 Å². The van der Waals surface area contributed by atoms with Crippen molar-refractivity contribution in [1.82, 2.24) is 5.43 Å². The van der Waals surface area contributed by atoms with E-state index in [0.29, 0.717) is 23.3 Å². The number of carbonyl (C=O) groups is 1. The van der Waals surface area contributed by atoms with Crippen LogP contribution in [0, 0.1) is 5.92 Å². The third-order valence-electron chi connectivity index (χ3n) is 5.28. The number of hydrazone groups is 1. The number of anilines is 1. The largest absolute Gasteiger partial charge is 0.497 e. The topological polar surface area (TPSA) is 97.3 Å². The molecule has 0 aliphatic rings. The smallest absolute Gasteiger partial charge is 0.264 e. The molecule has 196 valence electrons. The van der Waals surface area contributed by atoms with Gasteiger partial charge < -0.3 is 9.47 Å². The summed E-state index contributed by atoms with van der Waals surface area (Å²) >= 11 is 6.09. The lowest BCUT2D eigenvalue weighted by atomic mass is 10.1. The monoisotopic (exact) mass is 543 g/mol. The average molecular weight is 544 g/mol. The molecule has 0 saturated carbocycles.